The Bertz CT molecular complexity index is 1440. The maximum atomic E-state index is 14.2. The molecule has 220 valence electrons. The summed E-state index contributed by atoms with van der Waals surface area (Å²) >= 11 is 13.0. The zero-order chi connectivity index (χ0) is 30.3. The van der Waals surface area contributed by atoms with E-state index >= 15 is 0 Å². The average Bonchev–Trinajstić information content (AvgIpc) is 2.89. The molecule has 0 aromatic heterocycles. The Balaban J connectivity index is 2.13. The van der Waals surface area contributed by atoms with Crippen molar-refractivity contribution in [3.63, 3.8) is 0 Å². The highest BCUT2D eigenvalue weighted by Gasteiger charge is 2.34. The molecule has 0 aliphatic rings. The van der Waals surface area contributed by atoms with E-state index < -0.39 is 28.5 Å². The zero-order valence-corrected chi connectivity index (χ0v) is 26.4. The van der Waals surface area contributed by atoms with Gasteiger partial charge >= 0.3 is 0 Å². The van der Waals surface area contributed by atoms with Crippen molar-refractivity contribution < 1.29 is 18.0 Å². The number of nitrogens with zero attached hydrogens (tertiary/aromatic N) is 2. The molecular weight excluding hydrogens is 581 g/mol. The number of benzene rings is 3. The molecular formula is C31H37Cl2N3O4S. The minimum atomic E-state index is -3.86. The molecule has 10 heteroatoms. The van der Waals surface area contributed by atoms with Gasteiger partial charge in [-0.1, -0.05) is 72.6 Å². The first-order valence-electron chi connectivity index (χ1n) is 13.4. The lowest BCUT2D eigenvalue weighted by Gasteiger charge is -2.34. The van der Waals surface area contributed by atoms with E-state index in [-0.39, 0.29) is 24.9 Å². The van der Waals surface area contributed by atoms with Gasteiger partial charge in [0, 0.05) is 34.6 Å². The molecule has 3 aromatic rings. The Morgan fingerprint density at radius 1 is 0.927 bits per heavy atom. The van der Waals surface area contributed by atoms with E-state index in [4.69, 9.17) is 23.2 Å². The third-order valence-electron chi connectivity index (χ3n) is 6.84. The smallest absolute Gasteiger partial charge is 0.244 e. The molecule has 3 aromatic carbocycles. The van der Waals surface area contributed by atoms with E-state index in [1.807, 2.05) is 64.1 Å². The number of rotatable bonds is 12. The maximum Gasteiger partial charge on any atom is 0.244 e. The van der Waals surface area contributed by atoms with E-state index in [0.29, 0.717) is 27.7 Å². The number of hydrogen-bond donors (Lipinski definition) is 1. The number of carbonyl (C=O) groups excluding carboxylic acids is 2. The maximum absolute atomic E-state index is 14.2. The van der Waals surface area contributed by atoms with Crippen LogP contribution in [0.5, 0.6) is 0 Å². The lowest BCUT2D eigenvalue weighted by Crippen LogP contribution is -2.54. The van der Waals surface area contributed by atoms with Gasteiger partial charge in [-0.25, -0.2) is 8.42 Å². The van der Waals surface area contributed by atoms with Crippen molar-refractivity contribution >= 4 is 50.7 Å². The van der Waals surface area contributed by atoms with Gasteiger partial charge in [0.1, 0.15) is 12.6 Å². The number of amides is 2. The molecule has 0 saturated heterocycles. The summed E-state index contributed by atoms with van der Waals surface area (Å²) in [6, 6.07) is 18.6. The first-order chi connectivity index (χ1) is 19.3. The Labute approximate surface area is 253 Å². The molecule has 0 bridgehead atoms. The fraction of sp³-hybridized carbons (Fsp3) is 0.355. The lowest BCUT2D eigenvalue weighted by molar-refractivity contribution is -0.140. The van der Waals surface area contributed by atoms with Crippen LogP contribution in [0.1, 0.15) is 42.5 Å². The molecule has 0 fully saturated rings. The molecule has 0 aliphatic carbocycles. The summed E-state index contributed by atoms with van der Waals surface area (Å²) in [6.07, 6.45) is 1.96. The SMILES string of the molecule is CC[C@@H](C)NC(=O)[C@H](Cc1ccccc1)N(Cc1c(Cl)cccc1Cl)C(=O)CN(c1cc(C)cc(C)c1)S(C)(=O)=O. The van der Waals surface area contributed by atoms with Crippen LogP contribution in [0.25, 0.3) is 0 Å². The van der Waals surface area contributed by atoms with Crippen LogP contribution in [0, 0.1) is 13.8 Å². The Kier molecular flexibility index (Phi) is 11.2. The van der Waals surface area contributed by atoms with Gasteiger partial charge in [0.15, 0.2) is 0 Å². The molecule has 0 spiro atoms. The summed E-state index contributed by atoms with van der Waals surface area (Å²) in [6.45, 7) is 6.97. The zero-order valence-electron chi connectivity index (χ0n) is 24.0. The van der Waals surface area contributed by atoms with Crippen molar-refractivity contribution in [2.45, 2.75) is 59.2 Å². The monoisotopic (exact) mass is 617 g/mol. The van der Waals surface area contributed by atoms with E-state index in [9.17, 15) is 18.0 Å². The highest BCUT2D eigenvalue weighted by atomic mass is 35.5. The predicted octanol–water partition coefficient (Wildman–Crippen LogP) is 5.93. The summed E-state index contributed by atoms with van der Waals surface area (Å²) in [7, 11) is -3.86. The molecule has 0 aliphatic heterocycles. The second kappa shape index (κ2) is 14.2. The fourth-order valence-electron chi connectivity index (χ4n) is 4.56. The summed E-state index contributed by atoms with van der Waals surface area (Å²) in [5.41, 5.74) is 3.40. The molecule has 2 atom stereocenters. The minimum Gasteiger partial charge on any atom is -0.352 e. The van der Waals surface area contributed by atoms with Crippen LogP contribution in [0.4, 0.5) is 5.69 Å². The third kappa shape index (κ3) is 8.96. The van der Waals surface area contributed by atoms with Gasteiger partial charge in [0.2, 0.25) is 21.8 Å². The quantitative estimate of drug-likeness (QED) is 0.273. The fourth-order valence-corrected chi connectivity index (χ4v) is 5.91. The van der Waals surface area contributed by atoms with Gasteiger partial charge in [-0.05, 0) is 68.1 Å². The average molecular weight is 619 g/mol. The summed E-state index contributed by atoms with van der Waals surface area (Å²) in [4.78, 5) is 29.4. The van der Waals surface area contributed by atoms with Crippen molar-refractivity contribution in [2.75, 3.05) is 17.1 Å². The van der Waals surface area contributed by atoms with Gasteiger partial charge < -0.3 is 10.2 Å². The van der Waals surface area contributed by atoms with Gasteiger partial charge in [0.05, 0.1) is 11.9 Å². The van der Waals surface area contributed by atoms with Crippen molar-refractivity contribution in [1.29, 1.82) is 0 Å². The molecule has 3 rings (SSSR count). The standard InChI is InChI=1S/C31H37Cl2N3O4S/c1-6-23(4)34-31(38)29(18-24-11-8-7-9-12-24)35(19-26-27(32)13-10-14-28(26)33)30(37)20-36(41(5,39)40)25-16-21(2)15-22(3)17-25/h7-17,23,29H,6,18-20H2,1-5H3,(H,34,38)/t23-,29+/m1/s1. The van der Waals surface area contributed by atoms with Crippen LogP contribution in [-0.4, -0.2) is 50.0 Å². The summed E-state index contributed by atoms with van der Waals surface area (Å²) < 4.78 is 27.1. The molecule has 0 saturated carbocycles. The largest absolute Gasteiger partial charge is 0.352 e. The molecule has 7 nitrogen and oxygen atoms in total. The van der Waals surface area contributed by atoms with Crippen molar-refractivity contribution in [3.8, 4) is 0 Å². The van der Waals surface area contributed by atoms with Crippen LogP contribution >= 0.6 is 23.2 Å². The number of aryl methyl sites for hydroxylation is 2. The van der Waals surface area contributed by atoms with Crippen LogP contribution in [0.3, 0.4) is 0 Å². The first-order valence-corrected chi connectivity index (χ1v) is 16.0. The number of anilines is 1. The van der Waals surface area contributed by atoms with Crippen LogP contribution in [0.15, 0.2) is 66.7 Å². The van der Waals surface area contributed by atoms with E-state index in [2.05, 4.69) is 5.32 Å². The normalized spacial score (nSPS) is 12.9. The van der Waals surface area contributed by atoms with Crippen molar-refractivity contribution in [3.05, 3.63) is 99.0 Å². The number of nitrogens with one attached hydrogen (secondary N) is 1. The van der Waals surface area contributed by atoms with Crippen LogP contribution in [0.2, 0.25) is 10.0 Å². The second-order valence-electron chi connectivity index (χ2n) is 10.4. The predicted molar refractivity (Wildman–Crippen MR) is 167 cm³/mol. The molecule has 41 heavy (non-hydrogen) atoms. The highest BCUT2D eigenvalue weighted by molar-refractivity contribution is 7.92. The summed E-state index contributed by atoms with van der Waals surface area (Å²) in [5.74, 6) is -0.914. The van der Waals surface area contributed by atoms with Gasteiger partial charge in [0.25, 0.3) is 0 Å². The Morgan fingerprint density at radius 3 is 2.05 bits per heavy atom. The van der Waals surface area contributed by atoms with Gasteiger partial charge in [-0.15, -0.1) is 0 Å². The van der Waals surface area contributed by atoms with Gasteiger partial charge in [-0.3, -0.25) is 13.9 Å². The first kappa shape index (κ1) is 32.4. The minimum absolute atomic E-state index is 0.0901. The molecule has 0 unspecified atom stereocenters. The van der Waals surface area contributed by atoms with Crippen LogP contribution in [-0.2, 0) is 32.6 Å². The number of hydrogen-bond acceptors (Lipinski definition) is 4. The number of sulfonamides is 1. The Hall–Kier alpha value is -3.07. The van der Waals surface area contributed by atoms with Crippen LogP contribution < -0.4 is 9.62 Å². The third-order valence-corrected chi connectivity index (χ3v) is 8.68. The number of halogens is 2. The number of carbonyl (C=O) groups is 2. The van der Waals surface area contributed by atoms with Gasteiger partial charge in [-0.2, -0.15) is 0 Å². The van der Waals surface area contributed by atoms with E-state index in [0.717, 1.165) is 27.3 Å². The molecule has 1 N–H and O–H groups in total. The molecule has 0 heterocycles. The molecule has 0 radical (unpaired) electrons. The summed E-state index contributed by atoms with van der Waals surface area (Å²) in [5, 5.41) is 3.68. The second-order valence-corrected chi connectivity index (χ2v) is 13.1. The highest BCUT2D eigenvalue weighted by Crippen LogP contribution is 2.28. The van der Waals surface area contributed by atoms with Crippen molar-refractivity contribution in [1.82, 2.24) is 10.2 Å². The topological polar surface area (TPSA) is 86.8 Å². The van der Waals surface area contributed by atoms with E-state index in [1.165, 1.54) is 4.90 Å². The molecule has 2 amide bonds. The van der Waals surface area contributed by atoms with Crippen molar-refractivity contribution in [2.24, 2.45) is 0 Å². The lowest BCUT2D eigenvalue weighted by atomic mass is 10.0. The van der Waals surface area contributed by atoms with E-state index in [1.54, 1.807) is 30.3 Å². The Morgan fingerprint density at radius 2 is 1.51 bits per heavy atom.